The monoisotopic (exact) mass is 231 g/mol. The Balaban J connectivity index is 1.48. The summed E-state index contributed by atoms with van der Waals surface area (Å²) in [7, 11) is 0. The van der Waals surface area contributed by atoms with E-state index in [2.05, 4.69) is 25.3 Å². The minimum absolute atomic E-state index is 1.04. The largest absolute Gasteiger partial charge is 0.299 e. The van der Waals surface area contributed by atoms with Crippen molar-refractivity contribution in [3.63, 3.8) is 0 Å². The quantitative estimate of drug-likeness (QED) is 0.829. The molecule has 0 saturated carbocycles. The van der Waals surface area contributed by atoms with Crippen molar-refractivity contribution in [3.05, 3.63) is 35.4 Å². The first-order valence-electron chi connectivity index (χ1n) is 6.13. The van der Waals surface area contributed by atoms with Crippen molar-refractivity contribution >= 4 is 0 Å². The average molecular weight is 231 g/mol. The summed E-state index contributed by atoms with van der Waals surface area (Å²) in [5, 5.41) is 14.0. The number of hydrogen-bond acceptors (Lipinski definition) is 3. The summed E-state index contributed by atoms with van der Waals surface area (Å²) >= 11 is 0. The molecule has 90 valence electrons. The third kappa shape index (κ3) is 2.39. The highest BCUT2D eigenvalue weighted by Crippen LogP contribution is 2.16. The molecule has 5 nitrogen and oxygen atoms in total. The molecule has 0 aliphatic carbocycles. The SMILES string of the molecule is c1n[nH]cc1CCCN1CCc2[nH]ncc2C1. The molecule has 0 atom stereocenters. The fourth-order valence-electron chi connectivity index (χ4n) is 2.39. The third-order valence-corrected chi connectivity index (χ3v) is 3.37. The summed E-state index contributed by atoms with van der Waals surface area (Å²) in [4.78, 5) is 2.50. The van der Waals surface area contributed by atoms with E-state index in [1.165, 1.54) is 23.2 Å². The van der Waals surface area contributed by atoms with Crippen molar-refractivity contribution in [2.45, 2.75) is 25.8 Å². The van der Waals surface area contributed by atoms with Gasteiger partial charge in [0.05, 0.1) is 12.4 Å². The third-order valence-electron chi connectivity index (χ3n) is 3.37. The van der Waals surface area contributed by atoms with Crippen LogP contribution in [-0.2, 0) is 19.4 Å². The van der Waals surface area contributed by atoms with Crippen molar-refractivity contribution in [2.75, 3.05) is 13.1 Å². The Morgan fingerprint density at radius 3 is 3.18 bits per heavy atom. The van der Waals surface area contributed by atoms with E-state index < -0.39 is 0 Å². The summed E-state index contributed by atoms with van der Waals surface area (Å²) in [6, 6.07) is 0. The lowest BCUT2D eigenvalue weighted by Crippen LogP contribution is -2.31. The lowest BCUT2D eigenvalue weighted by Gasteiger charge is -2.26. The van der Waals surface area contributed by atoms with Gasteiger partial charge in [-0.15, -0.1) is 0 Å². The highest BCUT2D eigenvalue weighted by atomic mass is 15.2. The molecule has 0 saturated heterocycles. The summed E-state index contributed by atoms with van der Waals surface area (Å²) in [6.45, 7) is 3.33. The zero-order valence-electron chi connectivity index (χ0n) is 9.82. The van der Waals surface area contributed by atoms with Crippen LogP contribution in [0.1, 0.15) is 23.2 Å². The summed E-state index contributed by atoms with van der Waals surface area (Å²) in [6.07, 6.45) is 9.23. The van der Waals surface area contributed by atoms with Crippen LogP contribution in [0.2, 0.25) is 0 Å². The van der Waals surface area contributed by atoms with Gasteiger partial charge in [0, 0.05) is 37.0 Å². The van der Waals surface area contributed by atoms with Crippen LogP contribution in [0.15, 0.2) is 18.6 Å². The topological polar surface area (TPSA) is 60.6 Å². The van der Waals surface area contributed by atoms with Crippen molar-refractivity contribution in [1.29, 1.82) is 0 Å². The number of aromatic nitrogens is 4. The fourth-order valence-corrected chi connectivity index (χ4v) is 2.39. The van der Waals surface area contributed by atoms with Gasteiger partial charge >= 0.3 is 0 Å². The molecule has 3 heterocycles. The fraction of sp³-hybridized carbons (Fsp3) is 0.500. The standard InChI is InChI=1S/C12H17N5/c1(2-10-6-13-14-7-10)4-17-5-3-12-11(9-17)8-15-16-12/h6-8H,1-5,9H2,(H,13,14)(H,15,16). The summed E-state index contributed by atoms with van der Waals surface area (Å²) < 4.78 is 0. The summed E-state index contributed by atoms with van der Waals surface area (Å²) in [5.74, 6) is 0. The van der Waals surface area contributed by atoms with Gasteiger partial charge in [-0.1, -0.05) is 0 Å². The molecule has 0 aromatic carbocycles. The first-order chi connectivity index (χ1) is 8.42. The molecule has 1 aliphatic heterocycles. The van der Waals surface area contributed by atoms with Crippen molar-refractivity contribution in [3.8, 4) is 0 Å². The van der Waals surface area contributed by atoms with E-state index in [4.69, 9.17) is 0 Å². The molecule has 0 spiro atoms. The molecule has 2 aromatic rings. The van der Waals surface area contributed by atoms with E-state index >= 15 is 0 Å². The molecule has 2 N–H and O–H groups in total. The maximum atomic E-state index is 4.10. The highest BCUT2D eigenvalue weighted by Gasteiger charge is 2.16. The van der Waals surface area contributed by atoms with Gasteiger partial charge < -0.3 is 0 Å². The number of nitrogens with zero attached hydrogens (tertiary/aromatic N) is 3. The first-order valence-corrected chi connectivity index (χ1v) is 6.13. The second-order valence-corrected chi connectivity index (χ2v) is 4.61. The van der Waals surface area contributed by atoms with Crippen LogP contribution in [0.3, 0.4) is 0 Å². The molecule has 0 unspecified atom stereocenters. The molecule has 0 fully saturated rings. The van der Waals surface area contributed by atoms with Crippen molar-refractivity contribution < 1.29 is 0 Å². The van der Waals surface area contributed by atoms with E-state index in [1.54, 1.807) is 0 Å². The van der Waals surface area contributed by atoms with Crippen molar-refractivity contribution in [1.82, 2.24) is 25.3 Å². The minimum atomic E-state index is 1.04. The van der Waals surface area contributed by atoms with E-state index in [9.17, 15) is 0 Å². The van der Waals surface area contributed by atoms with Crippen LogP contribution in [0, 0.1) is 0 Å². The van der Waals surface area contributed by atoms with Gasteiger partial charge in [0.25, 0.3) is 0 Å². The molecular weight excluding hydrogens is 214 g/mol. The maximum Gasteiger partial charge on any atom is 0.0535 e. The molecule has 5 heteroatoms. The molecule has 0 bridgehead atoms. The number of hydrogen-bond donors (Lipinski definition) is 2. The van der Waals surface area contributed by atoms with E-state index in [0.717, 1.165) is 32.5 Å². The molecular formula is C12H17N5. The van der Waals surface area contributed by atoms with Crippen LogP contribution in [0.5, 0.6) is 0 Å². The number of aromatic amines is 2. The molecule has 17 heavy (non-hydrogen) atoms. The molecule has 3 rings (SSSR count). The molecule has 0 radical (unpaired) electrons. The molecule has 1 aliphatic rings. The van der Waals surface area contributed by atoms with Crippen LogP contribution >= 0.6 is 0 Å². The van der Waals surface area contributed by atoms with E-state index in [0.29, 0.717) is 0 Å². The predicted octanol–water partition coefficient (Wildman–Crippen LogP) is 1.12. The van der Waals surface area contributed by atoms with Crippen molar-refractivity contribution in [2.24, 2.45) is 0 Å². The van der Waals surface area contributed by atoms with Gasteiger partial charge in [0.1, 0.15) is 0 Å². The van der Waals surface area contributed by atoms with Gasteiger partial charge in [0.2, 0.25) is 0 Å². The Hall–Kier alpha value is -1.62. The number of aryl methyl sites for hydroxylation is 1. The van der Waals surface area contributed by atoms with Crippen LogP contribution in [-0.4, -0.2) is 38.4 Å². The minimum Gasteiger partial charge on any atom is -0.299 e. The summed E-state index contributed by atoms with van der Waals surface area (Å²) in [5.41, 5.74) is 3.97. The number of rotatable bonds is 4. The van der Waals surface area contributed by atoms with Crippen LogP contribution in [0.25, 0.3) is 0 Å². The van der Waals surface area contributed by atoms with Crippen LogP contribution in [0.4, 0.5) is 0 Å². The maximum absolute atomic E-state index is 4.10. The van der Waals surface area contributed by atoms with Crippen LogP contribution < -0.4 is 0 Å². The van der Waals surface area contributed by atoms with Gasteiger partial charge in [-0.05, 0) is 24.9 Å². The number of nitrogens with one attached hydrogen (secondary N) is 2. The molecule has 2 aromatic heterocycles. The number of fused-ring (bicyclic) bond motifs is 1. The highest BCUT2D eigenvalue weighted by molar-refractivity contribution is 5.18. The second-order valence-electron chi connectivity index (χ2n) is 4.61. The van der Waals surface area contributed by atoms with Gasteiger partial charge in [-0.25, -0.2) is 0 Å². The normalized spacial score (nSPS) is 16.0. The smallest absolute Gasteiger partial charge is 0.0535 e. The van der Waals surface area contributed by atoms with Gasteiger partial charge in [-0.3, -0.25) is 15.1 Å². The Morgan fingerprint density at radius 2 is 2.29 bits per heavy atom. The predicted molar refractivity (Wildman–Crippen MR) is 64.5 cm³/mol. The first kappa shape index (κ1) is 10.5. The Labute approximate surface area is 100 Å². The lowest BCUT2D eigenvalue weighted by atomic mass is 10.1. The zero-order chi connectivity index (χ0) is 11.5. The average Bonchev–Trinajstić information content (AvgIpc) is 2.98. The lowest BCUT2D eigenvalue weighted by molar-refractivity contribution is 0.250. The molecule has 0 amide bonds. The number of H-pyrrole nitrogens is 2. The second kappa shape index (κ2) is 4.71. The zero-order valence-corrected chi connectivity index (χ0v) is 9.82. The van der Waals surface area contributed by atoms with E-state index in [-0.39, 0.29) is 0 Å². The van der Waals surface area contributed by atoms with E-state index in [1.807, 2.05) is 18.6 Å². The Morgan fingerprint density at radius 1 is 1.29 bits per heavy atom. The van der Waals surface area contributed by atoms with Gasteiger partial charge in [-0.2, -0.15) is 10.2 Å². The Bertz CT molecular complexity index is 459. The van der Waals surface area contributed by atoms with Gasteiger partial charge in [0.15, 0.2) is 0 Å². The Kier molecular flexibility index (Phi) is 2.92.